The number of hydrogen-bond donors (Lipinski definition) is 1. The molecule has 17 heavy (non-hydrogen) atoms. The number of nitrogens with zero attached hydrogens (tertiary/aromatic N) is 2. The summed E-state index contributed by atoms with van der Waals surface area (Å²) in [7, 11) is 0. The lowest BCUT2D eigenvalue weighted by molar-refractivity contribution is 0.231. The highest BCUT2D eigenvalue weighted by molar-refractivity contribution is 7.09. The van der Waals surface area contributed by atoms with E-state index in [1.807, 2.05) is 11.3 Å². The van der Waals surface area contributed by atoms with Gasteiger partial charge in [-0.3, -0.25) is 4.90 Å². The summed E-state index contributed by atoms with van der Waals surface area (Å²) in [6.07, 6.45) is 5.47. The van der Waals surface area contributed by atoms with E-state index in [4.69, 9.17) is 0 Å². The van der Waals surface area contributed by atoms with Gasteiger partial charge in [0.25, 0.3) is 0 Å². The van der Waals surface area contributed by atoms with Crippen LogP contribution in [0.2, 0.25) is 0 Å². The first-order chi connectivity index (χ1) is 8.31. The summed E-state index contributed by atoms with van der Waals surface area (Å²) >= 11 is 1.81. The maximum atomic E-state index is 4.59. The lowest BCUT2D eigenvalue weighted by Crippen LogP contribution is -2.38. The molecule has 3 nitrogen and oxygen atoms in total. The first-order valence-corrected chi connectivity index (χ1v) is 7.57. The molecule has 0 spiro atoms. The van der Waals surface area contributed by atoms with Crippen LogP contribution in [0.3, 0.4) is 0 Å². The molecular formula is C13H21N3S. The van der Waals surface area contributed by atoms with Gasteiger partial charge in [0.15, 0.2) is 0 Å². The predicted octanol–water partition coefficient (Wildman–Crippen LogP) is 2.17. The third-order valence-corrected chi connectivity index (χ3v) is 4.64. The zero-order valence-electron chi connectivity index (χ0n) is 10.5. The van der Waals surface area contributed by atoms with Crippen LogP contribution in [0.15, 0.2) is 5.38 Å². The van der Waals surface area contributed by atoms with Crippen LogP contribution >= 0.6 is 11.3 Å². The largest absolute Gasteiger partial charge is 0.313 e. The van der Waals surface area contributed by atoms with Gasteiger partial charge in [-0.2, -0.15) is 0 Å². The van der Waals surface area contributed by atoms with Gasteiger partial charge in [-0.1, -0.05) is 0 Å². The van der Waals surface area contributed by atoms with E-state index in [1.54, 1.807) is 0 Å². The number of rotatable bonds is 5. The zero-order valence-corrected chi connectivity index (χ0v) is 11.3. The maximum Gasteiger partial charge on any atom is 0.107 e. The SMILES string of the molecule is Cc1csc(CN(CC2CCCN2)C2CC2)n1. The van der Waals surface area contributed by atoms with E-state index in [0.717, 1.165) is 18.6 Å². The summed E-state index contributed by atoms with van der Waals surface area (Å²) in [5.41, 5.74) is 1.17. The van der Waals surface area contributed by atoms with Gasteiger partial charge in [0.2, 0.25) is 0 Å². The lowest BCUT2D eigenvalue weighted by atomic mass is 10.2. The molecule has 1 aromatic rings. The van der Waals surface area contributed by atoms with Crippen molar-refractivity contribution in [3.05, 3.63) is 16.1 Å². The second-order valence-electron chi connectivity index (χ2n) is 5.34. The van der Waals surface area contributed by atoms with Crippen LogP contribution in [0, 0.1) is 6.92 Å². The van der Waals surface area contributed by atoms with Gasteiger partial charge >= 0.3 is 0 Å². The summed E-state index contributed by atoms with van der Waals surface area (Å²) in [6, 6.07) is 1.55. The normalized spacial score (nSPS) is 24.7. The molecular weight excluding hydrogens is 230 g/mol. The number of thiazole rings is 1. The molecule has 94 valence electrons. The fourth-order valence-corrected chi connectivity index (χ4v) is 3.42. The molecule has 1 aliphatic heterocycles. The third kappa shape index (κ3) is 3.06. The highest BCUT2D eigenvalue weighted by atomic mass is 32.1. The molecule has 1 unspecified atom stereocenters. The molecule has 1 aromatic heterocycles. The van der Waals surface area contributed by atoms with Crippen LogP contribution in [0.1, 0.15) is 36.4 Å². The topological polar surface area (TPSA) is 28.2 Å². The van der Waals surface area contributed by atoms with E-state index in [9.17, 15) is 0 Å². The Bertz CT molecular complexity index is 366. The van der Waals surface area contributed by atoms with E-state index in [-0.39, 0.29) is 0 Å². The lowest BCUT2D eigenvalue weighted by Gasteiger charge is -2.24. The Morgan fingerprint density at radius 3 is 2.94 bits per heavy atom. The predicted molar refractivity (Wildman–Crippen MR) is 71.3 cm³/mol. The highest BCUT2D eigenvalue weighted by Gasteiger charge is 2.31. The molecule has 2 fully saturated rings. The molecule has 2 heterocycles. The summed E-state index contributed by atoms with van der Waals surface area (Å²) in [5, 5.41) is 7.05. The minimum absolute atomic E-state index is 0.719. The monoisotopic (exact) mass is 251 g/mol. The maximum absolute atomic E-state index is 4.59. The van der Waals surface area contributed by atoms with Crippen LogP contribution < -0.4 is 5.32 Å². The Labute approximate surface area is 107 Å². The van der Waals surface area contributed by atoms with Crippen molar-refractivity contribution < 1.29 is 0 Å². The number of aryl methyl sites for hydroxylation is 1. The minimum atomic E-state index is 0.719. The number of hydrogen-bond acceptors (Lipinski definition) is 4. The second-order valence-corrected chi connectivity index (χ2v) is 6.28. The number of aromatic nitrogens is 1. The summed E-state index contributed by atoms with van der Waals surface area (Å²) in [5.74, 6) is 0. The van der Waals surface area contributed by atoms with Crippen molar-refractivity contribution in [2.75, 3.05) is 13.1 Å². The molecule has 1 aliphatic carbocycles. The molecule has 0 aromatic carbocycles. The van der Waals surface area contributed by atoms with Crippen LogP contribution in [0.25, 0.3) is 0 Å². The van der Waals surface area contributed by atoms with Crippen LogP contribution in [0.4, 0.5) is 0 Å². The van der Waals surface area contributed by atoms with Gasteiger partial charge in [-0.05, 0) is 39.2 Å². The average molecular weight is 251 g/mol. The van der Waals surface area contributed by atoms with Crippen LogP contribution in [-0.4, -0.2) is 35.1 Å². The first-order valence-electron chi connectivity index (χ1n) is 6.70. The molecule has 1 saturated carbocycles. The van der Waals surface area contributed by atoms with E-state index >= 15 is 0 Å². The zero-order chi connectivity index (χ0) is 11.7. The van der Waals surface area contributed by atoms with Crippen molar-refractivity contribution in [1.82, 2.24) is 15.2 Å². The van der Waals surface area contributed by atoms with Crippen molar-refractivity contribution in [3.8, 4) is 0 Å². The highest BCUT2D eigenvalue weighted by Crippen LogP contribution is 2.29. The van der Waals surface area contributed by atoms with Gasteiger partial charge in [0.1, 0.15) is 5.01 Å². The van der Waals surface area contributed by atoms with E-state index in [0.29, 0.717) is 0 Å². The van der Waals surface area contributed by atoms with Gasteiger partial charge in [0.05, 0.1) is 6.54 Å². The molecule has 0 radical (unpaired) electrons. The molecule has 1 N–H and O–H groups in total. The smallest absolute Gasteiger partial charge is 0.107 e. The summed E-state index contributed by atoms with van der Waals surface area (Å²) in [4.78, 5) is 7.23. The van der Waals surface area contributed by atoms with E-state index in [1.165, 1.54) is 49.5 Å². The summed E-state index contributed by atoms with van der Waals surface area (Å²) in [6.45, 7) is 5.56. The van der Waals surface area contributed by atoms with Crippen molar-refractivity contribution >= 4 is 11.3 Å². The van der Waals surface area contributed by atoms with Gasteiger partial charge in [-0.15, -0.1) is 11.3 Å². The van der Waals surface area contributed by atoms with E-state index < -0.39 is 0 Å². The molecule has 3 rings (SSSR count). The van der Waals surface area contributed by atoms with Gasteiger partial charge in [0, 0.05) is 29.7 Å². The molecule has 4 heteroatoms. The fourth-order valence-electron chi connectivity index (χ4n) is 2.63. The first kappa shape index (κ1) is 11.6. The third-order valence-electron chi connectivity index (χ3n) is 3.69. The van der Waals surface area contributed by atoms with Crippen molar-refractivity contribution in [1.29, 1.82) is 0 Å². The van der Waals surface area contributed by atoms with Gasteiger partial charge in [-0.25, -0.2) is 4.98 Å². The Balaban J connectivity index is 1.59. The summed E-state index contributed by atoms with van der Waals surface area (Å²) < 4.78 is 0. The quantitative estimate of drug-likeness (QED) is 0.869. The second kappa shape index (κ2) is 5.04. The molecule has 1 atom stereocenters. The van der Waals surface area contributed by atoms with Crippen LogP contribution in [-0.2, 0) is 6.54 Å². The average Bonchev–Trinajstić information content (AvgIpc) is 2.89. The van der Waals surface area contributed by atoms with Gasteiger partial charge < -0.3 is 5.32 Å². The fraction of sp³-hybridized carbons (Fsp3) is 0.769. The molecule has 0 amide bonds. The Morgan fingerprint density at radius 1 is 1.47 bits per heavy atom. The standard InChI is InChI=1S/C13H21N3S/c1-10-9-17-13(15-10)8-16(12-4-5-12)7-11-3-2-6-14-11/h9,11-12,14H,2-8H2,1H3. The Hall–Kier alpha value is -0.450. The van der Waals surface area contributed by atoms with Crippen molar-refractivity contribution in [2.45, 2.75) is 51.2 Å². The molecule has 0 bridgehead atoms. The minimum Gasteiger partial charge on any atom is -0.313 e. The van der Waals surface area contributed by atoms with Crippen molar-refractivity contribution in [2.24, 2.45) is 0 Å². The van der Waals surface area contributed by atoms with Crippen LogP contribution in [0.5, 0.6) is 0 Å². The number of nitrogens with one attached hydrogen (secondary N) is 1. The molecule has 1 saturated heterocycles. The Morgan fingerprint density at radius 2 is 2.35 bits per heavy atom. The van der Waals surface area contributed by atoms with Crippen molar-refractivity contribution in [3.63, 3.8) is 0 Å². The van der Waals surface area contributed by atoms with E-state index in [2.05, 4.69) is 27.5 Å². The molecule has 2 aliphatic rings. The Kier molecular flexibility index (Phi) is 3.45.